The lowest BCUT2D eigenvalue weighted by atomic mass is 9.99. The van der Waals surface area contributed by atoms with E-state index in [2.05, 4.69) is 16.0 Å². The molecule has 5 rings (SSSR count). The van der Waals surface area contributed by atoms with Gasteiger partial charge in [-0.05, 0) is 49.2 Å². The van der Waals surface area contributed by atoms with Gasteiger partial charge in [0.25, 0.3) is 0 Å². The zero-order valence-electron chi connectivity index (χ0n) is 23.0. The first kappa shape index (κ1) is 29.3. The Labute approximate surface area is 242 Å². The maximum Gasteiger partial charge on any atom is 0.418 e. The number of aromatic nitrogens is 2. The zero-order valence-corrected chi connectivity index (χ0v) is 23.0. The molecule has 0 aliphatic heterocycles. The highest BCUT2D eigenvalue weighted by molar-refractivity contribution is 5.95. The Morgan fingerprint density at radius 1 is 0.907 bits per heavy atom. The van der Waals surface area contributed by atoms with Crippen molar-refractivity contribution in [3.63, 3.8) is 0 Å². The van der Waals surface area contributed by atoms with E-state index in [0.717, 1.165) is 17.7 Å². The molecule has 0 N–H and O–H groups in total. The third-order valence-electron chi connectivity index (χ3n) is 6.83. The number of pyridine rings is 2. The molecule has 218 valence electrons. The van der Waals surface area contributed by atoms with E-state index in [9.17, 15) is 27.2 Å². The Hall–Kier alpha value is -5.24. The number of hydrogen-bond donors (Lipinski definition) is 0. The van der Waals surface area contributed by atoms with Gasteiger partial charge in [-0.25, -0.2) is 18.7 Å². The molecule has 0 saturated heterocycles. The van der Waals surface area contributed by atoms with Crippen LogP contribution in [0.2, 0.25) is 0 Å². The predicted molar refractivity (Wildman–Crippen MR) is 148 cm³/mol. The fourth-order valence-electron chi connectivity index (χ4n) is 4.63. The lowest BCUT2D eigenvalue weighted by Crippen LogP contribution is -2.11. The van der Waals surface area contributed by atoms with E-state index in [1.807, 2.05) is 30.3 Å². The monoisotopic (exact) mass is 591 g/mol. The second-order valence-corrected chi connectivity index (χ2v) is 9.49. The SMILES string of the molecule is COc1ccc2nc(-c3c(Oc4ccc(F)c(F)c4C)ncc(C(F)(F)F)c3C)cc(OCc3ccccc3)c2c1C#N. The molecule has 0 radical (unpaired) electrons. The molecule has 0 aliphatic rings. The zero-order chi connectivity index (χ0) is 30.9. The van der Waals surface area contributed by atoms with E-state index in [-0.39, 0.29) is 68.6 Å². The first-order valence-corrected chi connectivity index (χ1v) is 12.8. The number of alkyl halides is 3. The summed E-state index contributed by atoms with van der Waals surface area (Å²) in [6, 6.07) is 17.7. The van der Waals surface area contributed by atoms with Crippen LogP contribution in [0.5, 0.6) is 23.1 Å². The van der Waals surface area contributed by atoms with Crippen LogP contribution in [0.4, 0.5) is 22.0 Å². The quantitative estimate of drug-likeness (QED) is 0.177. The van der Waals surface area contributed by atoms with Crippen molar-refractivity contribution in [2.45, 2.75) is 26.6 Å². The maximum absolute atomic E-state index is 14.3. The number of hydrogen-bond acceptors (Lipinski definition) is 6. The van der Waals surface area contributed by atoms with Crippen molar-refractivity contribution in [2.75, 3.05) is 7.11 Å². The molecule has 2 aromatic heterocycles. The molecular formula is C32H22F5N3O3. The Kier molecular flexibility index (Phi) is 7.87. The lowest BCUT2D eigenvalue weighted by Gasteiger charge is -2.19. The number of fused-ring (bicyclic) bond motifs is 1. The minimum absolute atomic E-state index is 0.0176. The number of nitrogens with zero attached hydrogens (tertiary/aromatic N) is 3. The first-order chi connectivity index (χ1) is 20.5. The van der Waals surface area contributed by atoms with Crippen LogP contribution in [0.1, 0.15) is 27.8 Å². The van der Waals surface area contributed by atoms with Crippen molar-refractivity contribution in [3.8, 4) is 40.5 Å². The van der Waals surface area contributed by atoms with Crippen molar-refractivity contribution < 1.29 is 36.2 Å². The summed E-state index contributed by atoms with van der Waals surface area (Å²) in [5.74, 6) is -2.35. The van der Waals surface area contributed by atoms with Crippen LogP contribution in [-0.4, -0.2) is 17.1 Å². The van der Waals surface area contributed by atoms with Gasteiger partial charge in [-0.15, -0.1) is 0 Å². The van der Waals surface area contributed by atoms with E-state index in [4.69, 9.17) is 14.2 Å². The van der Waals surface area contributed by atoms with Crippen LogP contribution in [0, 0.1) is 36.8 Å². The molecule has 0 fully saturated rings. The van der Waals surface area contributed by atoms with Crippen LogP contribution in [0.15, 0.2) is 66.9 Å². The number of ether oxygens (including phenoxy) is 3. The minimum Gasteiger partial charge on any atom is -0.495 e. The average Bonchev–Trinajstić information content (AvgIpc) is 2.99. The number of halogens is 5. The van der Waals surface area contributed by atoms with E-state index in [0.29, 0.717) is 6.20 Å². The molecule has 11 heteroatoms. The van der Waals surface area contributed by atoms with Gasteiger partial charge in [0, 0.05) is 17.8 Å². The van der Waals surface area contributed by atoms with Gasteiger partial charge in [0.05, 0.1) is 34.8 Å². The summed E-state index contributed by atoms with van der Waals surface area (Å²) < 4.78 is 87.4. The summed E-state index contributed by atoms with van der Waals surface area (Å²) >= 11 is 0. The number of nitriles is 1. The summed E-state index contributed by atoms with van der Waals surface area (Å²) in [4.78, 5) is 8.50. The van der Waals surface area contributed by atoms with Crippen molar-refractivity contribution in [1.82, 2.24) is 9.97 Å². The predicted octanol–water partition coefficient (Wildman–Crippen LogP) is 8.46. The van der Waals surface area contributed by atoms with Gasteiger partial charge in [-0.2, -0.15) is 18.4 Å². The number of benzene rings is 3. The molecule has 0 saturated carbocycles. The molecule has 0 unspecified atom stereocenters. The highest BCUT2D eigenvalue weighted by Gasteiger charge is 2.35. The Balaban J connectivity index is 1.76. The second-order valence-electron chi connectivity index (χ2n) is 9.49. The van der Waals surface area contributed by atoms with Crippen molar-refractivity contribution in [2.24, 2.45) is 0 Å². The molecule has 0 spiro atoms. The maximum atomic E-state index is 14.3. The van der Waals surface area contributed by atoms with Crippen LogP contribution >= 0.6 is 0 Å². The first-order valence-electron chi connectivity index (χ1n) is 12.8. The van der Waals surface area contributed by atoms with Crippen LogP contribution in [0.3, 0.4) is 0 Å². The molecular weight excluding hydrogens is 569 g/mol. The summed E-state index contributed by atoms with van der Waals surface area (Å²) in [6.45, 7) is 2.57. The van der Waals surface area contributed by atoms with Gasteiger partial charge in [-0.3, -0.25) is 0 Å². The Morgan fingerprint density at radius 3 is 2.30 bits per heavy atom. The smallest absolute Gasteiger partial charge is 0.418 e. The third kappa shape index (κ3) is 5.64. The number of rotatable bonds is 7. The van der Waals surface area contributed by atoms with Gasteiger partial charge >= 0.3 is 6.18 Å². The van der Waals surface area contributed by atoms with E-state index < -0.39 is 23.4 Å². The molecule has 2 heterocycles. The topological polar surface area (TPSA) is 77.3 Å². The van der Waals surface area contributed by atoms with Crippen molar-refractivity contribution in [3.05, 3.63) is 106 Å². The van der Waals surface area contributed by atoms with Gasteiger partial charge in [-0.1, -0.05) is 30.3 Å². The molecule has 0 atom stereocenters. The molecule has 0 bridgehead atoms. The summed E-state index contributed by atoms with van der Waals surface area (Å²) in [5.41, 5.74) is -0.541. The van der Waals surface area contributed by atoms with E-state index in [1.165, 1.54) is 33.1 Å². The third-order valence-corrected chi connectivity index (χ3v) is 6.83. The largest absolute Gasteiger partial charge is 0.495 e. The molecule has 3 aromatic carbocycles. The number of methoxy groups -OCH3 is 1. The van der Waals surface area contributed by atoms with Gasteiger partial charge in [0.1, 0.15) is 35.5 Å². The molecule has 5 aromatic rings. The van der Waals surface area contributed by atoms with Crippen LogP contribution in [0.25, 0.3) is 22.2 Å². The Morgan fingerprint density at radius 2 is 1.63 bits per heavy atom. The fraction of sp³-hybridized carbons (Fsp3) is 0.156. The van der Waals surface area contributed by atoms with Gasteiger partial charge in [0.15, 0.2) is 11.6 Å². The average molecular weight is 592 g/mol. The summed E-state index contributed by atoms with van der Waals surface area (Å²) in [7, 11) is 1.40. The van der Waals surface area contributed by atoms with Gasteiger partial charge in [0.2, 0.25) is 5.88 Å². The lowest BCUT2D eigenvalue weighted by molar-refractivity contribution is -0.138. The summed E-state index contributed by atoms with van der Waals surface area (Å²) in [5, 5.41) is 10.3. The normalized spacial score (nSPS) is 11.3. The molecule has 6 nitrogen and oxygen atoms in total. The highest BCUT2D eigenvalue weighted by atomic mass is 19.4. The molecule has 0 aliphatic carbocycles. The van der Waals surface area contributed by atoms with Crippen molar-refractivity contribution >= 4 is 10.9 Å². The summed E-state index contributed by atoms with van der Waals surface area (Å²) in [6.07, 6.45) is -4.16. The van der Waals surface area contributed by atoms with E-state index in [1.54, 1.807) is 6.07 Å². The standard InChI is InChI=1S/C32H22F5N3O3/c1-17-21(32(35,36)37)15-39-31(43-25-11-9-22(33)30(34)18(25)2)28(17)24-13-27(42-16-19-7-5-4-6-8-19)29-20(14-38)26(41-3)12-10-23(29)40-24/h4-13,15H,16H2,1-3H3. The fourth-order valence-corrected chi connectivity index (χ4v) is 4.63. The van der Waals surface area contributed by atoms with E-state index >= 15 is 0 Å². The second kappa shape index (κ2) is 11.6. The van der Waals surface area contributed by atoms with Crippen molar-refractivity contribution in [1.29, 1.82) is 5.26 Å². The minimum atomic E-state index is -4.77. The Bertz CT molecular complexity index is 1890. The van der Waals surface area contributed by atoms with Crippen LogP contribution < -0.4 is 14.2 Å². The van der Waals surface area contributed by atoms with Crippen LogP contribution in [-0.2, 0) is 12.8 Å². The highest BCUT2D eigenvalue weighted by Crippen LogP contribution is 2.44. The molecule has 0 amide bonds. The van der Waals surface area contributed by atoms with Gasteiger partial charge < -0.3 is 14.2 Å². The molecule has 43 heavy (non-hydrogen) atoms.